The Kier molecular flexibility index (Phi) is 4.34. The minimum Gasteiger partial charge on any atom is -0.358 e. The van der Waals surface area contributed by atoms with Gasteiger partial charge < -0.3 is 16.0 Å². The Morgan fingerprint density at radius 1 is 1.45 bits per heavy atom. The number of aromatic amines is 1. The third-order valence-electron chi connectivity index (χ3n) is 2.83. The number of carbonyl (C=O) groups is 1. The first-order valence-electron chi connectivity index (χ1n) is 6.58. The molecule has 2 aromatic heterocycles. The molecule has 2 heterocycles. The van der Waals surface area contributed by atoms with Gasteiger partial charge in [-0.1, -0.05) is 6.92 Å². The number of H-pyrrole nitrogens is 1. The van der Waals surface area contributed by atoms with Crippen molar-refractivity contribution < 1.29 is 4.79 Å². The zero-order valence-electron chi connectivity index (χ0n) is 11.8. The van der Waals surface area contributed by atoms with E-state index in [2.05, 4.69) is 36.1 Å². The second-order valence-corrected chi connectivity index (χ2v) is 4.44. The van der Waals surface area contributed by atoms with E-state index in [0.29, 0.717) is 24.0 Å². The monoisotopic (exact) mass is 277 g/mol. The first kappa shape index (κ1) is 14.0. The van der Waals surface area contributed by atoms with E-state index in [9.17, 15) is 4.79 Å². The van der Waals surface area contributed by atoms with Gasteiger partial charge in [0.2, 0.25) is 11.9 Å². The van der Waals surface area contributed by atoms with Crippen molar-refractivity contribution in [2.24, 2.45) is 0 Å². The molecule has 1 atom stereocenters. The van der Waals surface area contributed by atoms with Crippen LogP contribution in [-0.2, 0) is 4.79 Å². The van der Waals surface area contributed by atoms with Gasteiger partial charge in [0.15, 0.2) is 5.65 Å². The molecule has 0 aliphatic rings. The summed E-state index contributed by atoms with van der Waals surface area (Å²) in [5, 5.41) is 16.3. The average Bonchev–Trinajstić information content (AvgIpc) is 2.92. The van der Waals surface area contributed by atoms with Gasteiger partial charge in [0.1, 0.15) is 11.9 Å². The molecule has 0 saturated heterocycles. The number of fused-ring (bicyclic) bond motifs is 1. The Labute approximate surface area is 116 Å². The highest BCUT2D eigenvalue weighted by Gasteiger charge is 2.16. The lowest BCUT2D eigenvalue weighted by Crippen LogP contribution is -2.38. The molecular weight excluding hydrogens is 258 g/mol. The molecule has 20 heavy (non-hydrogen) atoms. The predicted molar refractivity (Wildman–Crippen MR) is 77.6 cm³/mol. The maximum Gasteiger partial charge on any atom is 0.242 e. The third-order valence-corrected chi connectivity index (χ3v) is 2.83. The Balaban J connectivity index is 2.19. The number of aromatic nitrogens is 4. The van der Waals surface area contributed by atoms with Gasteiger partial charge in [0.05, 0.1) is 11.6 Å². The van der Waals surface area contributed by atoms with Crippen LogP contribution in [0.2, 0.25) is 0 Å². The van der Waals surface area contributed by atoms with Crippen molar-refractivity contribution in [1.82, 2.24) is 25.5 Å². The fraction of sp³-hybridized carbons (Fsp3) is 0.500. The lowest BCUT2D eigenvalue weighted by Gasteiger charge is -2.15. The number of rotatable bonds is 6. The molecule has 1 unspecified atom stereocenters. The number of nitrogens with zero attached hydrogens (tertiary/aromatic N) is 3. The molecule has 0 saturated carbocycles. The molecule has 8 nitrogen and oxygen atoms in total. The van der Waals surface area contributed by atoms with Gasteiger partial charge in [-0.25, -0.2) is 0 Å². The predicted octanol–water partition coefficient (Wildman–Crippen LogP) is 0.721. The topological polar surface area (TPSA) is 108 Å². The summed E-state index contributed by atoms with van der Waals surface area (Å²) in [4.78, 5) is 20.4. The van der Waals surface area contributed by atoms with E-state index in [1.165, 1.54) is 0 Å². The number of amides is 1. The van der Waals surface area contributed by atoms with Gasteiger partial charge in [0.25, 0.3) is 0 Å². The van der Waals surface area contributed by atoms with Crippen LogP contribution >= 0.6 is 0 Å². The van der Waals surface area contributed by atoms with Crippen LogP contribution in [-0.4, -0.2) is 45.7 Å². The normalized spacial score (nSPS) is 12.2. The Bertz CT molecular complexity index is 595. The van der Waals surface area contributed by atoms with Gasteiger partial charge in [-0.3, -0.25) is 9.89 Å². The summed E-state index contributed by atoms with van der Waals surface area (Å²) in [6, 6.07) is -0.390. The molecule has 0 fully saturated rings. The number of hydrogen-bond acceptors (Lipinski definition) is 6. The van der Waals surface area contributed by atoms with Gasteiger partial charge >= 0.3 is 0 Å². The fourth-order valence-electron chi connectivity index (χ4n) is 1.73. The van der Waals surface area contributed by atoms with Gasteiger partial charge in [-0.15, -0.1) is 0 Å². The lowest BCUT2D eigenvalue weighted by atomic mass is 10.3. The van der Waals surface area contributed by atoms with E-state index < -0.39 is 0 Å². The fourth-order valence-corrected chi connectivity index (χ4v) is 1.73. The standard InChI is InChI=1S/C12H19N7O/c1-4-5-14-11(20)7(2)16-9-8-6-15-19-10(8)18-12(13-3)17-9/h6-7H,4-5H2,1-3H3,(H,14,20)(H3,13,15,16,17,18,19). The highest BCUT2D eigenvalue weighted by Crippen LogP contribution is 2.20. The second-order valence-electron chi connectivity index (χ2n) is 4.44. The lowest BCUT2D eigenvalue weighted by molar-refractivity contribution is -0.121. The molecule has 0 spiro atoms. The number of carbonyl (C=O) groups excluding carboxylic acids is 1. The molecular formula is C12H19N7O. The van der Waals surface area contributed by atoms with Crippen LogP contribution in [0, 0.1) is 0 Å². The van der Waals surface area contributed by atoms with E-state index in [1.807, 2.05) is 6.92 Å². The maximum absolute atomic E-state index is 11.9. The molecule has 0 aliphatic heterocycles. The Morgan fingerprint density at radius 3 is 2.95 bits per heavy atom. The molecule has 4 N–H and O–H groups in total. The number of anilines is 2. The van der Waals surface area contributed by atoms with Crippen LogP contribution in [0.15, 0.2) is 6.20 Å². The van der Waals surface area contributed by atoms with Crippen molar-refractivity contribution in [2.75, 3.05) is 24.2 Å². The van der Waals surface area contributed by atoms with Crippen molar-refractivity contribution in [3.05, 3.63) is 6.20 Å². The summed E-state index contributed by atoms with van der Waals surface area (Å²) in [5.74, 6) is 0.978. The molecule has 0 aromatic carbocycles. The summed E-state index contributed by atoms with van der Waals surface area (Å²) in [6.45, 7) is 4.46. The van der Waals surface area contributed by atoms with Gasteiger partial charge in [-0.05, 0) is 13.3 Å². The Hall–Kier alpha value is -2.38. The van der Waals surface area contributed by atoms with E-state index in [1.54, 1.807) is 20.2 Å². The quantitative estimate of drug-likeness (QED) is 0.620. The zero-order chi connectivity index (χ0) is 14.5. The van der Waals surface area contributed by atoms with Gasteiger partial charge in [0, 0.05) is 13.6 Å². The summed E-state index contributed by atoms with van der Waals surface area (Å²) in [7, 11) is 1.73. The van der Waals surface area contributed by atoms with Crippen molar-refractivity contribution in [3.63, 3.8) is 0 Å². The maximum atomic E-state index is 11.9. The number of nitrogens with one attached hydrogen (secondary N) is 4. The zero-order valence-corrected chi connectivity index (χ0v) is 11.8. The molecule has 0 radical (unpaired) electrons. The minimum atomic E-state index is -0.390. The van der Waals surface area contributed by atoms with Crippen molar-refractivity contribution in [2.45, 2.75) is 26.3 Å². The van der Waals surface area contributed by atoms with Crippen LogP contribution in [0.4, 0.5) is 11.8 Å². The first-order chi connectivity index (χ1) is 9.65. The summed E-state index contributed by atoms with van der Waals surface area (Å²) in [6.07, 6.45) is 2.54. The number of hydrogen-bond donors (Lipinski definition) is 4. The van der Waals surface area contributed by atoms with Crippen molar-refractivity contribution in [1.29, 1.82) is 0 Å². The Morgan fingerprint density at radius 2 is 2.25 bits per heavy atom. The highest BCUT2D eigenvalue weighted by atomic mass is 16.2. The van der Waals surface area contributed by atoms with Crippen molar-refractivity contribution in [3.8, 4) is 0 Å². The molecule has 0 aliphatic carbocycles. The minimum absolute atomic E-state index is 0.0619. The van der Waals surface area contributed by atoms with Crippen LogP contribution in [0.25, 0.3) is 11.0 Å². The molecule has 2 rings (SSSR count). The van der Waals surface area contributed by atoms with E-state index in [0.717, 1.165) is 11.8 Å². The summed E-state index contributed by atoms with van der Waals surface area (Å²) >= 11 is 0. The largest absolute Gasteiger partial charge is 0.358 e. The SMILES string of the molecule is CCCNC(=O)C(C)Nc1nc(NC)nc2[nH]ncc12. The summed E-state index contributed by atoms with van der Waals surface area (Å²) in [5.41, 5.74) is 0.619. The average molecular weight is 277 g/mol. The first-order valence-corrected chi connectivity index (χ1v) is 6.58. The van der Waals surface area contributed by atoms with Crippen LogP contribution in [0.1, 0.15) is 20.3 Å². The second kappa shape index (κ2) is 6.18. The molecule has 0 bridgehead atoms. The molecule has 2 aromatic rings. The van der Waals surface area contributed by atoms with E-state index in [-0.39, 0.29) is 11.9 Å². The van der Waals surface area contributed by atoms with Crippen LogP contribution < -0.4 is 16.0 Å². The third kappa shape index (κ3) is 2.95. The van der Waals surface area contributed by atoms with E-state index in [4.69, 9.17) is 0 Å². The molecule has 108 valence electrons. The van der Waals surface area contributed by atoms with Crippen LogP contribution in [0.5, 0.6) is 0 Å². The van der Waals surface area contributed by atoms with Crippen molar-refractivity contribution >= 4 is 28.7 Å². The van der Waals surface area contributed by atoms with Gasteiger partial charge in [-0.2, -0.15) is 15.1 Å². The highest BCUT2D eigenvalue weighted by molar-refractivity contribution is 5.90. The summed E-state index contributed by atoms with van der Waals surface area (Å²) < 4.78 is 0. The smallest absolute Gasteiger partial charge is 0.242 e. The van der Waals surface area contributed by atoms with E-state index >= 15 is 0 Å². The molecule has 8 heteroatoms. The van der Waals surface area contributed by atoms with Crippen LogP contribution in [0.3, 0.4) is 0 Å². The molecule has 1 amide bonds.